The third-order valence-electron chi connectivity index (χ3n) is 3.07. The summed E-state index contributed by atoms with van der Waals surface area (Å²) in [6.45, 7) is 2.70. The first-order valence-corrected chi connectivity index (χ1v) is 7.37. The van der Waals surface area contributed by atoms with Gasteiger partial charge in [0.15, 0.2) is 0 Å². The Balaban J connectivity index is 1.84. The van der Waals surface area contributed by atoms with Gasteiger partial charge in [-0.05, 0) is 6.42 Å². The molecular formula is C11H14F3N5O2S. The minimum Gasteiger partial charge on any atom is -0.341 e. The van der Waals surface area contributed by atoms with Gasteiger partial charge < -0.3 is 10.2 Å². The SMILES string of the molecule is CCC(=O)N1CCC(NC(=O)Nc2nnc(C(F)(F)F)s2)C1. The maximum absolute atomic E-state index is 12.4. The molecule has 0 aliphatic carbocycles. The van der Waals surface area contributed by atoms with Gasteiger partial charge in [-0.15, -0.1) is 10.2 Å². The van der Waals surface area contributed by atoms with Crippen LogP contribution in [-0.2, 0) is 11.0 Å². The number of aromatic nitrogens is 2. The van der Waals surface area contributed by atoms with Crippen LogP contribution in [0.25, 0.3) is 0 Å². The van der Waals surface area contributed by atoms with E-state index in [0.29, 0.717) is 25.9 Å². The Morgan fingerprint density at radius 3 is 2.73 bits per heavy atom. The number of halogens is 3. The van der Waals surface area contributed by atoms with Gasteiger partial charge in [0.25, 0.3) is 0 Å². The van der Waals surface area contributed by atoms with Crippen molar-refractivity contribution < 1.29 is 22.8 Å². The molecule has 0 bridgehead atoms. The van der Waals surface area contributed by atoms with E-state index >= 15 is 0 Å². The topological polar surface area (TPSA) is 87.2 Å². The molecule has 1 aromatic heterocycles. The van der Waals surface area contributed by atoms with E-state index in [1.54, 1.807) is 11.8 Å². The van der Waals surface area contributed by atoms with Crippen LogP contribution in [0.3, 0.4) is 0 Å². The van der Waals surface area contributed by atoms with Crippen LogP contribution in [0.15, 0.2) is 0 Å². The highest BCUT2D eigenvalue weighted by Gasteiger charge is 2.36. The highest BCUT2D eigenvalue weighted by Crippen LogP contribution is 2.32. The largest absolute Gasteiger partial charge is 0.445 e. The van der Waals surface area contributed by atoms with Crippen LogP contribution >= 0.6 is 11.3 Å². The Labute approximate surface area is 127 Å². The van der Waals surface area contributed by atoms with Crippen LogP contribution in [-0.4, -0.2) is 46.2 Å². The van der Waals surface area contributed by atoms with Gasteiger partial charge in [-0.2, -0.15) is 13.2 Å². The zero-order chi connectivity index (χ0) is 16.3. The van der Waals surface area contributed by atoms with Crippen LogP contribution in [0.2, 0.25) is 0 Å². The maximum atomic E-state index is 12.4. The Hall–Kier alpha value is -1.91. The zero-order valence-corrected chi connectivity index (χ0v) is 12.4. The molecule has 2 heterocycles. The molecule has 7 nitrogen and oxygen atoms in total. The van der Waals surface area contributed by atoms with E-state index in [-0.39, 0.29) is 28.4 Å². The van der Waals surface area contributed by atoms with Crippen LogP contribution in [0.4, 0.5) is 23.1 Å². The van der Waals surface area contributed by atoms with Gasteiger partial charge in [-0.1, -0.05) is 18.3 Å². The van der Waals surface area contributed by atoms with Crippen LogP contribution in [0.5, 0.6) is 0 Å². The number of amides is 3. The maximum Gasteiger partial charge on any atom is 0.445 e. The van der Waals surface area contributed by atoms with E-state index in [9.17, 15) is 22.8 Å². The van der Waals surface area contributed by atoms with Crippen molar-refractivity contribution in [3.05, 3.63) is 5.01 Å². The summed E-state index contributed by atoms with van der Waals surface area (Å²) < 4.78 is 37.1. The molecule has 22 heavy (non-hydrogen) atoms. The van der Waals surface area contributed by atoms with Crippen molar-refractivity contribution in [3.63, 3.8) is 0 Å². The Bertz CT molecular complexity index is 562. The number of rotatable bonds is 3. The van der Waals surface area contributed by atoms with Gasteiger partial charge in [0.05, 0.1) is 0 Å². The molecule has 1 aromatic rings. The predicted molar refractivity (Wildman–Crippen MR) is 72.3 cm³/mol. The molecule has 2 rings (SSSR count). The van der Waals surface area contributed by atoms with E-state index in [2.05, 4.69) is 20.8 Å². The normalized spacial score (nSPS) is 18.4. The molecule has 0 aromatic carbocycles. The Morgan fingerprint density at radius 2 is 2.14 bits per heavy atom. The minimum atomic E-state index is -4.58. The molecule has 1 atom stereocenters. The van der Waals surface area contributed by atoms with E-state index in [4.69, 9.17) is 0 Å². The number of carbonyl (C=O) groups excluding carboxylic acids is 2. The van der Waals surface area contributed by atoms with Gasteiger partial charge in [-0.3, -0.25) is 10.1 Å². The number of hydrogen-bond donors (Lipinski definition) is 2. The van der Waals surface area contributed by atoms with E-state index in [1.165, 1.54) is 0 Å². The molecule has 1 saturated heterocycles. The average molecular weight is 337 g/mol. The number of likely N-dealkylation sites (tertiary alicyclic amines) is 1. The smallest absolute Gasteiger partial charge is 0.341 e. The minimum absolute atomic E-state index is 0.00338. The first kappa shape index (κ1) is 16.5. The fraction of sp³-hybridized carbons (Fsp3) is 0.636. The number of carbonyl (C=O) groups is 2. The van der Waals surface area contributed by atoms with Crippen LogP contribution < -0.4 is 10.6 Å². The zero-order valence-electron chi connectivity index (χ0n) is 11.6. The summed E-state index contributed by atoms with van der Waals surface area (Å²) >= 11 is 0.251. The molecule has 0 saturated carbocycles. The van der Waals surface area contributed by atoms with Crippen molar-refractivity contribution >= 4 is 28.4 Å². The molecule has 3 amide bonds. The molecular weight excluding hydrogens is 323 g/mol. The van der Waals surface area contributed by atoms with Gasteiger partial charge >= 0.3 is 12.2 Å². The molecule has 1 unspecified atom stereocenters. The summed E-state index contributed by atoms with van der Waals surface area (Å²) in [6.07, 6.45) is -3.59. The van der Waals surface area contributed by atoms with Crippen molar-refractivity contribution in [2.75, 3.05) is 18.4 Å². The first-order chi connectivity index (χ1) is 10.3. The number of nitrogens with one attached hydrogen (secondary N) is 2. The summed E-state index contributed by atoms with van der Waals surface area (Å²) in [7, 11) is 0. The molecule has 11 heteroatoms. The fourth-order valence-electron chi connectivity index (χ4n) is 2.04. The fourth-order valence-corrected chi connectivity index (χ4v) is 2.64. The third-order valence-corrected chi connectivity index (χ3v) is 3.95. The highest BCUT2D eigenvalue weighted by molar-refractivity contribution is 7.15. The number of hydrogen-bond acceptors (Lipinski definition) is 5. The standard InChI is InChI=1S/C11H14F3N5O2S/c1-2-7(20)19-4-3-6(5-19)15-9(21)16-10-18-17-8(22-10)11(12,13)14/h6H,2-5H2,1H3,(H2,15,16,18,21). The van der Waals surface area contributed by atoms with Gasteiger partial charge in [-0.25, -0.2) is 4.79 Å². The van der Waals surface area contributed by atoms with Gasteiger partial charge in [0.2, 0.25) is 16.0 Å². The van der Waals surface area contributed by atoms with Crippen molar-refractivity contribution in [1.29, 1.82) is 0 Å². The lowest BCUT2D eigenvalue weighted by molar-refractivity contribution is -0.138. The van der Waals surface area contributed by atoms with Crippen molar-refractivity contribution in [2.24, 2.45) is 0 Å². The van der Waals surface area contributed by atoms with E-state index in [0.717, 1.165) is 0 Å². The molecule has 1 aliphatic heterocycles. The number of anilines is 1. The summed E-state index contributed by atoms with van der Waals surface area (Å²) in [5, 5.41) is 9.69. The van der Waals surface area contributed by atoms with Crippen molar-refractivity contribution in [2.45, 2.75) is 32.0 Å². The molecule has 0 spiro atoms. The van der Waals surface area contributed by atoms with Crippen molar-refractivity contribution in [3.8, 4) is 0 Å². The highest BCUT2D eigenvalue weighted by atomic mass is 32.1. The second-order valence-electron chi connectivity index (χ2n) is 4.69. The predicted octanol–water partition coefficient (Wildman–Crippen LogP) is 1.69. The van der Waals surface area contributed by atoms with E-state index in [1.807, 2.05) is 0 Å². The summed E-state index contributed by atoms with van der Waals surface area (Å²) in [5.41, 5.74) is 0. The van der Waals surface area contributed by atoms with Crippen molar-refractivity contribution in [1.82, 2.24) is 20.4 Å². The lowest BCUT2D eigenvalue weighted by Gasteiger charge is -2.16. The quantitative estimate of drug-likeness (QED) is 0.879. The second-order valence-corrected chi connectivity index (χ2v) is 5.67. The van der Waals surface area contributed by atoms with Crippen LogP contribution in [0.1, 0.15) is 24.8 Å². The van der Waals surface area contributed by atoms with Gasteiger partial charge in [0.1, 0.15) is 0 Å². The Kier molecular flexibility index (Phi) is 4.84. The number of alkyl halides is 3. The molecule has 2 N–H and O–H groups in total. The summed E-state index contributed by atoms with van der Waals surface area (Å²) in [6, 6.07) is -0.897. The molecule has 0 radical (unpaired) electrons. The molecule has 1 fully saturated rings. The average Bonchev–Trinajstić information content (AvgIpc) is 3.06. The van der Waals surface area contributed by atoms with Crippen LogP contribution in [0, 0.1) is 0 Å². The second kappa shape index (κ2) is 6.46. The molecule has 1 aliphatic rings. The van der Waals surface area contributed by atoms with Gasteiger partial charge in [0, 0.05) is 25.6 Å². The molecule has 122 valence electrons. The lowest BCUT2D eigenvalue weighted by Crippen LogP contribution is -2.40. The lowest BCUT2D eigenvalue weighted by atomic mass is 10.3. The Morgan fingerprint density at radius 1 is 1.41 bits per heavy atom. The first-order valence-electron chi connectivity index (χ1n) is 6.55. The summed E-state index contributed by atoms with van der Waals surface area (Å²) in [5.74, 6) is 0.00338. The number of urea groups is 1. The monoisotopic (exact) mass is 337 g/mol. The third kappa shape index (κ3) is 4.06. The summed E-state index contributed by atoms with van der Waals surface area (Å²) in [4.78, 5) is 24.8. The number of nitrogens with zero attached hydrogens (tertiary/aromatic N) is 3. The van der Waals surface area contributed by atoms with E-state index < -0.39 is 17.2 Å².